The lowest BCUT2D eigenvalue weighted by Gasteiger charge is -2.16. The van der Waals surface area contributed by atoms with Crippen molar-refractivity contribution in [3.05, 3.63) is 15.6 Å². The van der Waals surface area contributed by atoms with Crippen LogP contribution in [0.4, 0.5) is 0 Å². The van der Waals surface area contributed by atoms with Gasteiger partial charge in [0.2, 0.25) is 0 Å². The molecular weight excluding hydrogens is 184 g/mol. The molecule has 2 N–H and O–H groups in total. The Morgan fingerprint density at radius 1 is 1.62 bits per heavy atom. The number of ether oxygens (including phenoxy) is 1. The third-order valence-corrected chi connectivity index (χ3v) is 3.47. The first-order valence-electron chi connectivity index (χ1n) is 4.40. The van der Waals surface area contributed by atoms with E-state index < -0.39 is 0 Å². The van der Waals surface area contributed by atoms with Crippen molar-refractivity contribution in [1.29, 1.82) is 0 Å². The van der Waals surface area contributed by atoms with Gasteiger partial charge in [-0.15, -0.1) is 11.3 Å². The molecule has 72 valence electrons. The highest BCUT2D eigenvalue weighted by Gasteiger charge is 2.35. The van der Waals surface area contributed by atoms with Crippen molar-refractivity contribution in [2.45, 2.75) is 39.0 Å². The molecule has 0 aromatic carbocycles. The molecule has 3 nitrogen and oxygen atoms in total. The van der Waals surface area contributed by atoms with Gasteiger partial charge in [-0.1, -0.05) is 0 Å². The average Bonchev–Trinajstić information content (AvgIpc) is 2.53. The largest absolute Gasteiger partial charge is 0.364 e. The molecule has 0 bridgehead atoms. The van der Waals surface area contributed by atoms with E-state index in [9.17, 15) is 0 Å². The second-order valence-corrected chi connectivity index (χ2v) is 5.03. The molecule has 4 heteroatoms. The molecule has 1 aromatic heterocycles. The summed E-state index contributed by atoms with van der Waals surface area (Å²) in [5, 5.41) is 1.02. The van der Waals surface area contributed by atoms with E-state index in [1.54, 1.807) is 11.3 Å². The van der Waals surface area contributed by atoms with Gasteiger partial charge < -0.3 is 10.5 Å². The number of nitrogens with zero attached hydrogens (tertiary/aromatic N) is 1. The predicted octanol–water partition coefficient (Wildman–Crippen LogP) is 1.93. The quantitative estimate of drug-likeness (QED) is 0.750. The number of hydrogen-bond donors (Lipinski definition) is 1. The topological polar surface area (TPSA) is 48.1 Å². The van der Waals surface area contributed by atoms with Crippen LogP contribution in [-0.2, 0) is 16.9 Å². The van der Waals surface area contributed by atoms with Gasteiger partial charge in [0, 0.05) is 0 Å². The van der Waals surface area contributed by atoms with Gasteiger partial charge in [0.25, 0.3) is 0 Å². The van der Waals surface area contributed by atoms with Crippen LogP contribution in [0.2, 0.25) is 0 Å². The van der Waals surface area contributed by atoms with E-state index in [0.29, 0.717) is 6.61 Å². The minimum atomic E-state index is -0.223. The predicted molar refractivity (Wildman–Crippen MR) is 52.5 cm³/mol. The van der Waals surface area contributed by atoms with Crippen LogP contribution >= 0.6 is 11.3 Å². The van der Waals surface area contributed by atoms with E-state index in [-0.39, 0.29) is 11.6 Å². The minimum Gasteiger partial charge on any atom is -0.364 e. The third-order valence-electron chi connectivity index (χ3n) is 2.24. The van der Waals surface area contributed by atoms with Gasteiger partial charge in [-0.05, 0) is 20.8 Å². The van der Waals surface area contributed by atoms with Crippen molar-refractivity contribution in [3.8, 4) is 0 Å². The van der Waals surface area contributed by atoms with Crippen LogP contribution < -0.4 is 5.73 Å². The van der Waals surface area contributed by atoms with Crippen LogP contribution in [0.5, 0.6) is 0 Å². The fourth-order valence-electron chi connectivity index (χ4n) is 1.45. The molecule has 1 aliphatic rings. The molecule has 0 saturated carbocycles. The van der Waals surface area contributed by atoms with Crippen molar-refractivity contribution in [3.63, 3.8) is 0 Å². The Balaban J connectivity index is 2.42. The Labute approximate surface area is 81.9 Å². The standard InChI is InChI=1S/C9H14N2OS/c1-5(10)8-11-7-6(13-8)4-12-9(7,2)3/h5H,4,10H2,1-3H3. The highest BCUT2D eigenvalue weighted by molar-refractivity contribution is 7.11. The Morgan fingerprint density at radius 3 is 2.85 bits per heavy atom. The molecule has 13 heavy (non-hydrogen) atoms. The normalized spacial score (nSPS) is 21.5. The summed E-state index contributed by atoms with van der Waals surface area (Å²) in [6, 6.07) is 0.0337. The number of nitrogens with two attached hydrogens (primary N) is 1. The fourth-order valence-corrected chi connectivity index (χ4v) is 2.53. The van der Waals surface area contributed by atoms with Gasteiger partial charge >= 0.3 is 0 Å². The van der Waals surface area contributed by atoms with Gasteiger partial charge in [0.15, 0.2) is 0 Å². The lowest BCUT2D eigenvalue weighted by atomic mass is 10.1. The van der Waals surface area contributed by atoms with Gasteiger partial charge in [-0.3, -0.25) is 0 Å². The zero-order valence-corrected chi connectivity index (χ0v) is 8.94. The zero-order valence-electron chi connectivity index (χ0n) is 8.13. The monoisotopic (exact) mass is 198 g/mol. The van der Waals surface area contributed by atoms with E-state index in [1.165, 1.54) is 4.88 Å². The van der Waals surface area contributed by atoms with Gasteiger partial charge in [-0.25, -0.2) is 4.98 Å². The van der Waals surface area contributed by atoms with Crippen LogP contribution in [-0.4, -0.2) is 4.98 Å². The second-order valence-electron chi connectivity index (χ2n) is 3.91. The summed E-state index contributed by atoms with van der Waals surface area (Å²) in [6.07, 6.45) is 0. The maximum absolute atomic E-state index is 5.77. The first-order chi connectivity index (χ1) is 6.00. The highest BCUT2D eigenvalue weighted by atomic mass is 32.1. The van der Waals surface area contributed by atoms with Crippen molar-refractivity contribution in [1.82, 2.24) is 4.98 Å². The third kappa shape index (κ3) is 1.39. The molecular formula is C9H14N2OS. The molecule has 0 amide bonds. The first kappa shape index (κ1) is 9.12. The van der Waals surface area contributed by atoms with E-state index >= 15 is 0 Å². The maximum atomic E-state index is 5.77. The number of fused-ring (bicyclic) bond motifs is 1. The van der Waals surface area contributed by atoms with Crippen molar-refractivity contribution < 1.29 is 4.74 Å². The Morgan fingerprint density at radius 2 is 2.31 bits per heavy atom. The van der Waals surface area contributed by atoms with Crippen LogP contribution in [0.15, 0.2) is 0 Å². The number of thiazole rings is 1. The van der Waals surface area contributed by atoms with Gasteiger partial charge in [0.1, 0.15) is 10.6 Å². The summed E-state index contributed by atoms with van der Waals surface area (Å²) in [6.45, 7) is 6.74. The van der Waals surface area contributed by atoms with Crippen molar-refractivity contribution in [2.75, 3.05) is 0 Å². The smallest absolute Gasteiger partial charge is 0.110 e. The average molecular weight is 198 g/mol. The second kappa shape index (κ2) is 2.77. The molecule has 2 rings (SSSR count). The Bertz CT molecular complexity index is 330. The molecule has 0 fully saturated rings. The van der Waals surface area contributed by atoms with Crippen LogP contribution in [0.1, 0.15) is 42.4 Å². The molecule has 2 heterocycles. The SMILES string of the molecule is CC(N)c1nc2c(s1)COC2(C)C. The molecule has 0 saturated heterocycles. The van der Waals surface area contributed by atoms with Crippen LogP contribution in [0, 0.1) is 0 Å². The summed E-state index contributed by atoms with van der Waals surface area (Å²) in [4.78, 5) is 5.75. The molecule has 0 aliphatic carbocycles. The molecule has 0 spiro atoms. The fraction of sp³-hybridized carbons (Fsp3) is 0.667. The first-order valence-corrected chi connectivity index (χ1v) is 5.22. The zero-order chi connectivity index (χ0) is 9.64. The van der Waals surface area contributed by atoms with E-state index in [1.807, 2.05) is 20.8 Å². The lowest BCUT2D eigenvalue weighted by Crippen LogP contribution is -2.16. The Hall–Kier alpha value is -0.450. The van der Waals surface area contributed by atoms with E-state index in [0.717, 1.165) is 10.7 Å². The number of rotatable bonds is 1. The molecule has 1 aliphatic heterocycles. The minimum absolute atomic E-state index is 0.0337. The summed E-state index contributed by atoms with van der Waals surface area (Å²) in [7, 11) is 0. The molecule has 1 aromatic rings. The highest BCUT2D eigenvalue weighted by Crippen LogP contribution is 2.39. The van der Waals surface area contributed by atoms with Crippen LogP contribution in [0.3, 0.4) is 0 Å². The van der Waals surface area contributed by atoms with Gasteiger partial charge in [-0.2, -0.15) is 0 Å². The summed E-state index contributed by atoms with van der Waals surface area (Å²) in [5.74, 6) is 0. The molecule has 1 unspecified atom stereocenters. The summed E-state index contributed by atoms with van der Waals surface area (Å²) >= 11 is 1.67. The van der Waals surface area contributed by atoms with E-state index in [4.69, 9.17) is 10.5 Å². The molecule has 0 radical (unpaired) electrons. The Kier molecular flexibility index (Phi) is 1.94. The van der Waals surface area contributed by atoms with E-state index in [2.05, 4.69) is 4.98 Å². The number of hydrogen-bond acceptors (Lipinski definition) is 4. The van der Waals surface area contributed by atoms with Crippen molar-refractivity contribution >= 4 is 11.3 Å². The lowest BCUT2D eigenvalue weighted by molar-refractivity contribution is -0.0100. The summed E-state index contributed by atoms with van der Waals surface area (Å²) in [5.41, 5.74) is 6.62. The molecule has 1 atom stereocenters. The van der Waals surface area contributed by atoms with Crippen molar-refractivity contribution in [2.24, 2.45) is 5.73 Å². The maximum Gasteiger partial charge on any atom is 0.110 e. The summed E-state index contributed by atoms with van der Waals surface area (Å²) < 4.78 is 5.59. The number of aromatic nitrogens is 1. The van der Waals surface area contributed by atoms with Gasteiger partial charge in [0.05, 0.1) is 23.2 Å². The van der Waals surface area contributed by atoms with Crippen LogP contribution in [0.25, 0.3) is 0 Å².